The number of phenolic OH excluding ortho intramolecular Hbond substituents is 1. The predicted octanol–water partition coefficient (Wildman–Crippen LogP) is 1.54. The number of nitrogens with zero attached hydrogens (tertiary/aromatic N) is 1. The smallest absolute Gasteiger partial charge is 0.237 e. The molecule has 30 heavy (non-hydrogen) atoms. The molecule has 1 atom stereocenters. The van der Waals surface area contributed by atoms with Crippen molar-refractivity contribution in [2.75, 3.05) is 18.4 Å². The number of nitrogens with two attached hydrogens (primary N) is 2. The Morgan fingerprint density at radius 3 is 2.57 bits per heavy atom. The van der Waals surface area contributed by atoms with Crippen molar-refractivity contribution >= 4 is 29.4 Å². The Hall–Kier alpha value is -2.75. The maximum absolute atomic E-state index is 11.7. The van der Waals surface area contributed by atoms with E-state index in [0.29, 0.717) is 13.1 Å². The molecule has 1 aliphatic heterocycles. The van der Waals surface area contributed by atoms with Crippen molar-refractivity contribution in [1.29, 1.82) is 0 Å². The molecule has 1 unspecified atom stereocenters. The molecule has 2 amide bonds. The van der Waals surface area contributed by atoms with Gasteiger partial charge in [-0.3, -0.25) is 9.59 Å². The van der Waals surface area contributed by atoms with Crippen molar-refractivity contribution in [2.45, 2.75) is 36.9 Å². The molecule has 0 fully saturated rings. The van der Waals surface area contributed by atoms with Crippen LogP contribution in [0.4, 0.5) is 5.69 Å². The molecule has 0 radical (unpaired) electrons. The Morgan fingerprint density at radius 1 is 1.10 bits per heavy atom. The molecule has 7 N–H and O–H groups in total. The van der Waals surface area contributed by atoms with E-state index in [1.54, 1.807) is 24.1 Å². The second kappa shape index (κ2) is 10.3. The first-order valence-electron chi connectivity index (χ1n) is 9.80. The van der Waals surface area contributed by atoms with E-state index in [9.17, 15) is 14.7 Å². The topological polar surface area (TPSA) is 134 Å². The monoisotopic (exact) mass is 429 g/mol. The number of hydrogen-bond donors (Lipinski definition) is 5. The largest absolute Gasteiger partial charge is 0.508 e. The highest BCUT2D eigenvalue weighted by Crippen LogP contribution is 2.34. The van der Waals surface area contributed by atoms with Crippen LogP contribution in [0.25, 0.3) is 0 Å². The standard InChI is InChI=1S/C21H27N5O3S/c22-19(11-20(23)28)21(29)25-9-1-8-24-16-3-2-14-12-26(13-15(14)10-16)30-18-6-4-17(27)5-7-18/h2-7,10,19,24,27H,1,8-9,11-13,22H2,(H2,23,28)(H,25,29). The fourth-order valence-electron chi connectivity index (χ4n) is 3.17. The lowest BCUT2D eigenvalue weighted by Gasteiger charge is -2.13. The van der Waals surface area contributed by atoms with E-state index in [1.807, 2.05) is 12.1 Å². The SMILES string of the molecule is NC(=O)CC(N)C(=O)NCCCNc1ccc2c(c1)CN(Sc1ccc(O)cc1)C2. The van der Waals surface area contributed by atoms with Crippen LogP contribution in [-0.4, -0.2) is 40.4 Å². The van der Waals surface area contributed by atoms with Gasteiger partial charge in [-0.1, -0.05) is 6.07 Å². The summed E-state index contributed by atoms with van der Waals surface area (Å²) >= 11 is 1.68. The molecule has 9 heteroatoms. The van der Waals surface area contributed by atoms with Crippen molar-refractivity contribution in [3.63, 3.8) is 0 Å². The second-order valence-corrected chi connectivity index (χ2v) is 8.39. The van der Waals surface area contributed by atoms with E-state index in [2.05, 4.69) is 33.1 Å². The maximum atomic E-state index is 11.7. The van der Waals surface area contributed by atoms with Gasteiger partial charge in [0.1, 0.15) is 5.75 Å². The van der Waals surface area contributed by atoms with Crippen LogP contribution in [0, 0.1) is 0 Å². The van der Waals surface area contributed by atoms with Gasteiger partial charge < -0.3 is 27.2 Å². The van der Waals surface area contributed by atoms with Gasteiger partial charge in [0.2, 0.25) is 11.8 Å². The summed E-state index contributed by atoms with van der Waals surface area (Å²) in [6.45, 7) is 2.90. The Morgan fingerprint density at radius 2 is 1.83 bits per heavy atom. The van der Waals surface area contributed by atoms with Crippen LogP contribution in [-0.2, 0) is 22.7 Å². The highest BCUT2D eigenvalue weighted by atomic mass is 32.2. The van der Waals surface area contributed by atoms with E-state index < -0.39 is 11.9 Å². The van der Waals surface area contributed by atoms with Gasteiger partial charge in [-0.15, -0.1) is 0 Å². The molecule has 0 aromatic heterocycles. The molecule has 0 spiro atoms. The summed E-state index contributed by atoms with van der Waals surface area (Å²) in [6, 6.07) is 12.7. The summed E-state index contributed by atoms with van der Waals surface area (Å²) < 4.78 is 2.28. The number of fused-ring (bicyclic) bond motifs is 1. The summed E-state index contributed by atoms with van der Waals surface area (Å²) in [4.78, 5) is 23.6. The van der Waals surface area contributed by atoms with Crippen LogP contribution in [0.1, 0.15) is 24.0 Å². The second-order valence-electron chi connectivity index (χ2n) is 7.21. The van der Waals surface area contributed by atoms with Crippen molar-refractivity contribution in [1.82, 2.24) is 9.62 Å². The van der Waals surface area contributed by atoms with Gasteiger partial charge in [0, 0.05) is 36.8 Å². The number of rotatable bonds is 10. The molecule has 0 bridgehead atoms. The van der Waals surface area contributed by atoms with Crippen LogP contribution in [0.3, 0.4) is 0 Å². The zero-order chi connectivity index (χ0) is 21.5. The fourth-order valence-corrected chi connectivity index (χ4v) is 4.13. The Balaban J connectivity index is 1.40. The molecular formula is C21H27N5O3S. The number of amides is 2. The number of phenols is 1. The van der Waals surface area contributed by atoms with Crippen LogP contribution < -0.4 is 22.1 Å². The van der Waals surface area contributed by atoms with Gasteiger partial charge in [0.25, 0.3) is 0 Å². The molecule has 3 rings (SSSR count). The third kappa shape index (κ3) is 6.38. The average Bonchev–Trinajstić information content (AvgIpc) is 3.10. The molecule has 8 nitrogen and oxygen atoms in total. The van der Waals surface area contributed by atoms with E-state index in [0.717, 1.165) is 30.1 Å². The zero-order valence-corrected chi connectivity index (χ0v) is 17.5. The van der Waals surface area contributed by atoms with Crippen LogP contribution in [0.15, 0.2) is 47.4 Å². The van der Waals surface area contributed by atoms with Gasteiger partial charge in [-0.25, -0.2) is 4.31 Å². The Kier molecular flexibility index (Phi) is 7.56. The minimum absolute atomic E-state index is 0.152. The number of carbonyl (C=O) groups is 2. The molecule has 1 heterocycles. The summed E-state index contributed by atoms with van der Waals surface area (Å²) in [5.74, 6) is -0.679. The van der Waals surface area contributed by atoms with E-state index in [4.69, 9.17) is 11.5 Å². The van der Waals surface area contributed by atoms with Crippen molar-refractivity contribution in [2.24, 2.45) is 11.5 Å². The third-order valence-corrected chi connectivity index (χ3v) is 5.71. The van der Waals surface area contributed by atoms with Gasteiger partial charge in [-0.05, 0) is 65.9 Å². The number of aromatic hydroxyl groups is 1. The highest BCUT2D eigenvalue weighted by Gasteiger charge is 2.20. The first-order chi connectivity index (χ1) is 14.4. The molecule has 0 saturated carbocycles. The van der Waals surface area contributed by atoms with E-state index in [-0.39, 0.29) is 18.1 Å². The van der Waals surface area contributed by atoms with Gasteiger partial charge in [0.05, 0.1) is 12.5 Å². The number of carbonyl (C=O) groups excluding carboxylic acids is 2. The zero-order valence-electron chi connectivity index (χ0n) is 16.6. The third-order valence-electron chi connectivity index (χ3n) is 4.71. The van der Waals surface area contributed by atoms with E-state index in [1.165, 1.54) is 11.1 Å². The Bertz CT molecular complexity index is 891. The fraction of sp³-hybridized carbons (Fsp3) is 0.333. The maximum Gasteiger partial charge on any atom is 0.237 e. The van der Waals surface area contributed by atoms with E-state index >= 15 is 0 Å². The summed E-state index contributed by atoms with van der Waals surface area (Å²) in [5, 5.41) is 15.5. The summed E-state index contributed by atoms with van der Waals surface area (Å²) in [7, 11) is 0. The molecule has 0 saturated heterocycles. The molecule has 0 aliphatic carbocycles. The summed E-state index contributed by atoms with van der Waals surface area (Å²) in [6.07, 6.45) is 0.580. The molecule has 160 valence electrons. The number of hydrogen-bond acceptors (Lipinski definition) is 7. The minimum atomic E-state index is -0.894. The minimum Gasteiger partial charge on any atom is -0.508 e. The lowest BCUT2D eigenvalue weighted by Crippen LogP contribution is -2.43. The number of nitrogens with one attached hydrogen (secondary N) is 2. The van der Waals surface area contributed by atoms with Crippen LogP contribution in [0.5, 0.6) is 5.75 Å². The predicted molar refractivity (Wildman–Crippen MR) is 118 cm³/mol. The van der Waals surface area contributed by atoms with Crippen LogP contribution >= 0.6 is 11.9 Å². The normalized spacial score (nSPS) is 14.2. The first kappa shape index (κ1) is 21.9. The molecular weight excluding hydrogens is 402 g/mol. The van der Waals surface area contributed by atoms with Crippen molar-refractivity contribution < 1.29 is 14.7 Å². The van der Waals surface area contributed by atoms with Gasteiger partial charge in [0.15, 0.2) is 0 Å². The molecule has 2 aromatic carbocycles. The van der Waals surface area contributed by atoms with Gasteiger partial charge in [-0.2, -0.15) is 0 Å². The highest BCUT2D eigenvalue weighted by molar-refractivity contribution is 7.97. The molecule has 1 aliphatic rings. The van der Waals surface area contributed by atoms with Crippen LogP contribution in [0.2, 0.25) is 0 Å². The lowest BCUT2D eigenvalue weighted by atomic mass is 10.1. The first-order valence-corrected chi connectivity index (χ1v) is 10.6. The summed E-state index contributed by atoms with van der Waals surface area (Å²) in [5.41, 5.74) is 14.3. The Labute approximate surface area is 180 Å². The quantitative estimate of drug-likeness (QED) is 0.286. The lowest BCUT2D eigenvalue weighted by molar-refractivity contribution is -0.126. The number of benzene rings is 2. The average molecular weight is 430 g/mol. The van der Waals surface area contributed by atoms with Crippen molar-refractivity contribution in [3.05, 3.63) is 53.6 Å². The van der Waals surface area contributed by atoms with Gasteiger partial charge >= 0.3 is 0 Å². The van der Waals surface area contributed by atoms with Crippen molar-refractivity contribution in [3.8, 4) is 5.75 Å². The number of anilines is 1. The number of primary amides is 1. The molecule has 2 aromatic rings.